The van der Waals surface area contributed by atoms with Crippen molar-refractivity contribution in [1.82, 2.24) is 9.97 Å². The first-order chi connectivity index (χ1) is 6.22. The number of nitrogens with one attached hydrogen (secondary N) is 1. The molecule has 0 spiro atoms. The molecule has 1 rings (SSSR count). The van der Waals surface area contributed by atoms with E-state index in [0.29, 0.717) is 11.7 Å². The number of anilines is 1. The quantitative estimate of drug-likeness (QED) is 0.647. The fourth-order valence-corrected chi connectivity index (χ4v) is 0.679. The van der Waals surface area contributed by atoms with Crippen molar-refractivity contribution in [3.63, 3.8) is 0 Å². The number of hydrogen-bond acceptors (Lipinski definition) is 5. The van der Waals surface area contributed by atoms with Crippen LogP contribution in [0, 0.1) is 0 Å². The van der Waals surface area contributed by atoms with Crippen molar-refractivity contribution >= 4 is 11.9 Å². The minimum Gasteiger partial charge on any atom is -0.494 e. The van der Waals surface area contributed by atoms with Gasteiger partial charge in [0, 0.05) is 0 Å². The van der Waals surface area contributed by atoms with E-state index in [1.165, 1.54) is 19.5 Å². The van der Waals surface area contributed by atoms with E-state index < -0.39 is 5.91 Å². The van der Waals surface area contributed by atoms with Gasteiger partial charge in [0.05, 0.1) is 26.0 Å². The van der Waals surface area contributed by atoms with E-state index in [-0.39, 0.29) is 6.54 Å². The topological polar surface area (TPSA) is 90.1 Å². The summed E-state index contributed by atoms with van der Waals surface area (Å²) >= 11 is 0. The molecule has 0 radical (unpaired) electrons. The smallest absolute Gasteiger partial charge is 0.236 e. The molecule has 0 aliphatic heterocycles. The van der Waals surface area contributed by atoms with Crippen LogP contribution in [-0.2, 0) is 4.79 Å². The van der Waals surface area contributed by atoms with Gasteiger partial charge in [-0.3, -0.25) is 4.79 Å². The standard InChI is InChI=1S/C7H10N4O2/c1-13-5-2-9-7(10-3-5)11-4-6(8)12/h2-3H,4H2,1H3,(H2,8,12)(H,9,10,11). The second-order valence-corrected chi connectivity index (χ2v) is 2.27. The van der Waals surface area contributed by atoms with Gasteiger partial charge in [0.25, 0.3) is 0 Å². The summed E-state index contributed by atoms with van der Waals surface area (Å²) in [5.74, 6) is 0.448. The van der Waals surface area contributed by atoms with Crippen LogP contribution >= 0.6 is 0 Å². The molecule has 6 heteroatoms. The number of rotatable bonds is 4. The zero-order valence-corrected chi connectivity index (χ0v) is 7.15. The lowest BCUT2D eigenvalue weighted by molar-refractivity contribution is -0.116. The molecule has 0 aromatic carbocycles. The summed E-state index contributed by atoms with van der Waals surface area (Å²) in [5.41, 5.74) is 4.91. The molecule has 0 aliphatic carbocycles. The van der Waals surface area contributed by atoms with Crippen molar-refractivity contribution in [2.45, 2.75) is 0 Å². The zero-order chi connectivity index (χ0) is 9.68. The highest BCUT2D eigenvalue weighted by atomic mass is 16.5. The molecule has 0 aliphatic rings. The molecule has 1 amide bonds. The van der Waals surface area contributed by atoms with Crippen LogP contribution < -0.4 is 15.8 Å². The lowest BCUT2D eigenvalue weighted by Crippen LogP contribution is -2.22. The van der Waals surface area contributed by atoms with Crippen LogP contribution in [0.15, 0.2) is 12.4 Å². The monoisotopic (exact) mass is 182 g/mol. The normalized spacial score (nSPS) is 9.31. The maximum Gasteiger partial charge on any atom is 0.236 e. The van der Waals surface area contributed by atoms with E-state index in [1.54, 1.807) is 0 Å². The molecule has 0 atom stereocenters. The number of primary amides is 1. The van der Waals surface area contributed by atoms with Crippen LogP contribution in [-0.4, -0.2) is 29.5 Å². The summed E-state index contributed by atoms with van der Waals surface area (Å²) in [6.07, 6.45) is 2.99. The molecule has 13 heavy (non-hydrogen) atoms. The highest BCUT2D eigenvalue weighted by Gasteiger charge is 1.97. The van der Waals surface area contributed by atoms with E-state index >= 15 is 0 Å². The van der Waals surface area contributed by atoms with Gasteiger partial charge in [-0.25, -0.2) is 9.97 Å². The van der Waals surface area contributed by atoms with E-state index in [0.717, 1.165) is 0 Å². The van der Waals surface area contributed by atoms with Crippen molar-refractivity contribution in [1.29, 1.82) is 0 Å². The molecule has 0 saturated heterocycles. The molecule has 1 heterocycles. The Morgan fingerprint density at radius 2 is 2.23 bits per heavy atom. The molecule has 0 bridgehead atoms. The molecule has 3 N–H and O–H groups in total. The Labute approximate surface area is 75.1 Å². The third-order valence-corrected chi connectivity index (χ3v) is 1.28. The molecule has 0 fully saturated rings. The van der Waals surface area contributed by atoms with Gasteiger partial charge < -0.3 is 15.8 Å². The summed E-state index contributed by atoms with van der Waals surface area (Å²) in [4.78, 5) is 18.1. The first-order valence-corrected chi connectivity index (χ1v) is 3.60. The molecule has 0 unspecified atom stereocenters. The Hall–Kier alpha value is -1.85. The third-order valence-electron chi connectivity index (χ3n) is 1.28. The van der Waals surface area contributed by atoms with Crippen molar-refractivity contribution < 1.29 is 9.53 Å². The fraction of sp³-hybridized carbons (Fsp3) is 0.286. The number of hydrogen-bond donors (Lipinski definition) is 2. The Morgan fingerprint density at radius 3 is 2.69 bits per heavy atom. The second kappa shape index (κ2) is 4.24. The van der Waals surface area contributed by atoms with Crippen LogP contribution in [0.5, 0.6) is 5.75 Å². The van der Waals surface area contributed by atoms with Crippen LogP contribution in [0.1, 0.15) is 0 Å². The first kappa shape index (κ1) is 9.24. The highest BCUT2D eigenvalue weighted by molar-refractivity contribution is 5.78. The van der Waals surface area contributed by atoms with E-state index in [1.807, 2.05) is 0 Å². The van der Waals surface area contributed by atoms with Gasteiger partial charge >= 0.3 is 0 Å². The summed E-state index contributed by atoms with van der Waals surface area (Å²) in [6.45, 7) is 0.0202. The van der Waals surface area contributed by atoms with Gasteiger partial charge in [0.15, 0.2) is 5.75 Å². The van der Waals surface area contributed by atoms with Gasteiger partial charge in [-0.1, -0.05) is 0 Å². The molecular weight excluding hydrogens is 172 g/mol. The summed E-state index contributed by atoms with van der Waals surface area (Å²) in [5, 5.41) is 2.64. The van der Waals surface area contributed by atoms with Crippen molar-refractivity contribution in [3.05, 3.63) is 12.4 Å². The Morgan fingerprint density at radius 1 is 1.62 bits per heavy atom. The second-order valence-electron chi connectivity index (χ2n) is 2.27. The number of aromatic nitrogens is 2. The SMILES string of the molecule is COc1cnc(NCC(N)=O)nc1. The third kappa shape index (κ3) is 2.94. The Bertz CT molecular complexity index is 285. The first-order valence-electron chi connectivity index (χ1n) is 3.60. The maximum absolute atomic E-state index is 10.4. The number of carbonyl (C=O) groups excluding carboxylic acids is 1. The van der Waals surface area contributed by atoms with Gasteiger partial charge in [-0.15, -0.1) is 0 Å². The van der Waals surface area contributed by atoms with E-state index in [2.05, 4.69) is 15.3 Å². The van der Waals surface area contributed by atoms with Crippen molar-refractivity contribution in [3.8, 4) is 5.75 Å². The summed E-state index contributed by atoms with van der Waals surface area (Å²) < 4.78 is 4.85. The van der Waals surface area contributed by atoms with Gasteiger partial charge in [-0.05, 0) is 0 Å². The average Bonchev–Trinajstić information content (AvgIpc) is 2.15. The summed E-state index contributed by atoms with van der Waals surface area (Å²) in [7, 11) is 1.52. The Kier molecular flexibility index (Phi) is 3.02. The average molecular weight is 182 g/mol. The van der Waals surface area contributed by atoms with Crippen molar-refractivity contribution in [2.75, 3.05) is 19.0 Å². The predicted molar refractivity (Wildman–Crippen MR) is 46.3 cm³/mol. The van der Waals surface area contributed by atoms with Gasteiger partial charge in [0.2, 0.25) is 11.9 Å². The number of methoxy groups -OCH3 is 1. The van der Waals surface area contributed by atoms with E-state index in [9.17, 15) is 4.79 Å². The molecule has 0 saturated carbocycles. The van der Waals surface area contributed by atoms with Crippen LogP contribution in [0.4, 0.5) is 5.95 Å². The van der Waals surface area contributed by atoms with Crippen LogP contribution in [0.3, 0.4) is 0 Å². The minimum absolute atomic E-state index is 0.0202. The van der Waals surface area contributed by atoms with Crippen molar-refractivity contribution in [2.24, 2.45) is 5.73 Å². The molecule has 70 valence electrons. The number of nitrogens with zero attached hydrogens (tertiary/aromatic N) is 2. The fourth-order valence-electron chi connectivity index (χ4n) is 0.679. The minimum atomic E-state index is -0.459. The zero-order valence-electron chi connectivity index (χ0n) is 7.15. The van der Waals surface area contributed by atoms with Crippen LogP contribution in [0.2, 0.25) is 0 Å². The maximum atomic E-state index is 10.4. The lowest BCUT2D eigenvalue weighted by Gasteiger charge is -2.02. The van der Waals surface area contributed by atoms with Gasteiger partial charge in [-0.2, -0.15) is 0 Å². The molecule has 1 aromatic heterocycles. The van der Waals surface area contributed by atoms with Gasteiger partial charge in [0.1, 0.15) is 0 Å². The largest absolute Gasteiger partial charge is 0.494 e. The number of nitrogens with two attached hydrogens (primary N) is 1. The Balaban J connectivity index is 2.54. The predicted octanol–water partition coefficient (Wildman–Crippen LogP) is -0.618. The molecule has 1 aromatic rings. The van der Waals surface area contributed by atoms with E-state index in [4.69, 9.17) is 10.5 Å². The lowest BCUT2D eigenvalue weighted by atomic mass is 10.6. The summed E-state index contributed by atoms with van der Waals surface area (Å²) in [6, 6.07) is 0. The molecular formula is C7H10N4O2. The molecule has 6 nitrogen and oxygen atoms in total. The number of carbonyl (C=O) groups is 1. The van der Waals surface area contributed by atoms with Crippen LogP contribution in [0.25, 0.3) is 0 Å². The highest BCUT2D eigenvalue weighted by Crippen LogP contribution is 2.06. The number of ether oxygens (including phenoxy) is 1. The number of amides is 1.